The molecule has 7 nitrogen and oxygen atoms in total. The van der Waals surface area contributed by atoms with E-state index in [0.717, 1.165) is 0 Å². The summed E-state index contributed by atoms with van der Waals surface area (Å²) in [5, 5.41) is 10.9. The molecule has 252 valence electrons. The average molecular weight is 744 g/mol. The molecule has 1 heterocycles. The fraction of sp³-hybridized carbons (Fsp3) is 0.914. The number of carbonyl (C=O) groups excluding carboxylic acids is 3. The van der Waals surface area contributed by atoms with Gasteiger partial charge >= 0.3 is 98.3 Å². The predicted octanol–water partition coefficient (Wildman–Crippen LogP) is 7.81. The average Bonchev–Trinajstić information content (AvgIpc) is 3.24. The minimum atomic E-state index is -1.27. The van der Waals surface area contributed by atoms with Gasteiger partial charge in [0.25, 0.3) is 0 Å². The molecule has 4 rings (SSSR count). The number of aliphatic hydroxyl groups is 1. The molecule has 0 aromatic heterocycles. The maximum absolute atomic E-state index is 14.0. The number of rotatable bonds is 11. The summed E-state index contributed by atoms with van der Waals surface area (Å²) in [5.41, 5.74) is -4.53. The van der Waals surface area contributed by atoms with Crippen LogP contribution in [0.4, 0.5) is 4.79 Å². The van der Waals surface area contributed by atoms with E-state index in [1.165, 1.54) is 45.4 Å². The van der Waals surface area contributed by atoms with E-state index in [9.17, 15) is 19.5 Å². The Bertz CT molecular complexity index is 1030. The van der Waals surface area contributed by atoms with Gasteiger partial charge in [0.05, 0.1) is 17.1 Å². The SMILES string of the molecule is CC(=O)O[C@H]1[C@@H](O)[C@H]2C(C)(C)CC[C@H](OC(=O)[S-])[C@]2(C)[C@@]23C(=O)C[C@](C)(O[C@]12C)[C@H]3C.CCC[CH2][Sn+]([CH2]CCC)[CH2]CCC. The van der Waals surface area contributed by atoms with Crippen LogP contribution in [0.15, 0.2) is 0 Å². The molecular formula is C35H60O7SSn. The summed E-state index contributed by atoms with van der Waals surface area (Å²) in [6, 6.07) is 0. The molecule has 0 aromatic carbocycles. The van der Waals surface area contributed by atoms with Crippen LogP contribution in [0.1, 0.15) is 127 Å². The maximum atomic E-state index is 14.0. The molecule has 0 amide bonds. The van der Waals surface area contributed by atoms with E-state index >= 15 is 0 Å². The van der Waals surface area contributed by atoms with Crippen LogP contribution >= 0.6 is 0 Å². The van der Waals surface area contributed by atoms with Crippen molar-refractivity contribution < 1.29 is 33.7 Å². The van der Waals surface area contributed by atoms with Crippen LogP contribution in [0.2, 0.25) is 13.3 Å². The summed E-state index contributed by atoms with van der Waals surface area (Å²) in [5.74, 6) is -1.25. The van der Waals surface area contributed by atoms with Gasteiger partial charge in [-0.2, -0.15) is 0 Å². The van der Waals surface area contributed by atoms with Gasteiger partial charge in [-0.3, -0.25) is 14.4 Å². The predicted molar refractivity (Wildman–Crippen MR) is 178 cm³/mol. The molecule has 1 spiro atoms. The standard InChI is InChI=1S/C23H34O7S.3C4H9.Sn/c1-11-20(5)10-13(25)23(11)21(6)14(29-18(27)31)8-9-19(3,4)16(21)15(26)17(28-12(2)24)22(23,7)30-20;3*1-3-4-2;/h11,14-17,26H,8-10H2,1-7H3,(H,27,31);3*1,3-4H2,2H3;/q;;;;+1/p-1/t11-,14+,15+,16+,17+,20+,21+,22-,23-;;;;/m1..../s1. The molecule has 0 aromatic rings. The van der Waals surface area contributed by atoms with Gasteiger partial charge in [-0.25, -0.2) is 0 Å². The third kappa shape index (κ3) is 6.25. The molecule has 0 radical (unpaired) electrons. The van der Waals surface area contributed by atoms with Gasteiger partial charge in [0.1, 0.15) is 17.5 Å². The van der Waals surface area contributed by atoms with E-state index in [2.05, 4.69) is 20.8 Å². The molecule has 1 N–H and O–H groups in total. The number of esters is 1. The van der Waals surface area contributed by atoms with E-state index in [4.69, 9.17) is 26.8 Å². The third-order valence-electron chi connectivity index (χ3n) is 12.2. The van der Waals surface area contributed by atoms with Crippen LogP contribution in [0.5, 0.6) is 0 Å². The molecule has 9 heteroatoms. The van der Waals surface area contributed by atoms with Crippen molar-refractivity contribution in [3.8, 4) is 0 Å². The molecule has 0 unspecified atom stereocenters. The first-order chi connectivity index (χ1) is 20.4. The quantitative estimate of drug-likeness (QED) is 0.130. The first kappa shape index (κ1) is 38.0. The molecule has 1 aliphatic heterocycles. The summed E-state index contributed by atoms with van der Waals surface area (Å²) < 4.78 is 23.1. The number of ether oxygens (including phenoxy) is 3. The van der Waals surface area contributed by atoms with Gasteiger partial charge in [0, 0.05) is 30.6 Å². The zero-order valence-corrected chi connectivity index (χ0v) is 32.8. The summed E-state index contributed by atoms with van der Waals surface area (Å²) >= 11 is 3.93. The summed E-state index contributed by atoms with van der Waals surface area (Å²) in [6.07, 6.45) is 7.49. The van der Waals surface area contributed by atoms with E-state index < -0.39 is 82.7 Å². The zero-order valence-electron chi connectivity index (χ0n) is 29.2. The van der Waals surface area contributed by atoms with E-state index in [0.29, 0.717) is 12.8 Å². The summed E-state index contributed by atoms with van der Waals surface area (Å²) in [6.45, 7) is 20.0. The normalized spacial score (nSPS) is 39.9. The molecule has 4 aliphatic rings. The van der Waals surface area contributed by atoms with Gasteiger partial charge < -0.3 is 31.9 Å². The van der Waals surface area contributed by atoms with Gasteiger partial charge in [0.15, 0.2) is 11.4 Å². The monoisotopic (exact) mass is 744 g/mol. The summed E-state index contributed by atoms with van der Waals surface area (Å²) in [4.78, 5) is 38.0. The van der Waals surface area contributed by atoms with Crippen molar-refractivity contribution in [1.82, 2.24) is 0 Å². The van der Waals surface area contributed by atoms with Crippen molar-refractivity contribution in [2.75, 3.05) is 0 Å². The van der Waals surface area contributed by atoms with Gasteiger partial charge in [0.2, 0.25) is 0 Å². The molecule has 9 atom stereocenters. The number of fused-ring (bicyclic) bond motifs is 2. The van der Waals surface area contributed by atoms with Gasteiger partial charge in [-0.1, -0.05) is 27.7 Å². The number of Topliss-reactive ketones (excluding diaryl/α,β-unsaturated/α-hetero) is 1. The topological polar surface area (TPSA) is 99.1 Å². The van der Waals surface area contributed by atoms with Crippen molar-refractivity contribution in [3.05, 3.63) is 0 Å². The Morgan fingerprint density at radius 1 is 0.977 bits per heavy atom. The van der Waals surface area contributed by atoms with Crippen LogP contribution in [-0.2, 0) is 36.4 Å². The number of hydrogen-bond acceptors (Lipinski definition) is 8. The fourth-order valence-electron chi connectivity index (χ4n) is 10.4. The second kappa shape index (κ2) is 14.3. The van der Waals surface area contributed by atoms with E-state index in [1.54, 1.807) is 20.2 Å². The van der Waals surface area contributed by atoms with Crippen molar-refractivity contribution in [1.29, 1.82) is 0 Å². The van der Waals surface area contributed by atoms with Gasteiger partial charge in [-0.05, 0) is 32.1 Å². The minimum absolute atomic E-state index is 0.0101. The molecule has 4 fully saturated rings. The molecule has 1 saturated heterocycles. The van der Waals surface area contributed by atoms with Crippen molar-refractivity contribution in [2.24, 2.45) is 28.1 Å². The Labute approximate surface area is 279 Å². The molecule has 3 aliphatic carbocycles. The zero-order chi connectivity index (χ0) is 33.3. The van der Waals surface area contributed by atoms with Crippen molar-refractivity contribution in [3.63, 3.8) is 0 Å². The summed E-state index contributed by atoms with van der Waals surface area (Å²) in [7, 11) is 0. The van der Waals surface area contributed by atoms with Crippen LogP contribution < -0.4 is 0 Å². The second-order valence-electron chi connectivity index (χ2n) is 15.4. The number of aliphatic hydroxyl groups excluding tert-OH is 1. The number of ketones is 1. The molecule has 44 heavy (non-hydrogen) atoms. The second-order valence-corrected chi connectivity index (χ2v) is 24.3. The Morgan fingerprint density at radius 2 is 1.50 bits per heavy atom. The molecule has 2 bridgehead atoms. The number of carbonyl (C=O) groups is 3. The van der Waals surface area contributed by atoms with E-state index in [1.807, 2.05) is 34.6 Å². The number of unbranched alkanes of at least 4 members (excludes halogenated alkanes) is 3. The Morgan fingerprint density at radius 3 is 1.93 bits per heavy atom. The Hall–Kier alpha value is -0.451. The van der Waals surface area contributed by atoms with Crippen LogP contribution in [0, 0.1) is 28.1 Å². The van der Waals surface area contributed by atoms with Crippen LogP contribution in [0.3, 0.4) is 0 Å². The first-order valence-electron chi connectivity index (χ1n) is 17.2. The third-order valence-corrected chi connectivity index (χ3v) is 21.4. The fourth-order valence-corrected chi connectivity index (χ4v) is 20.0. The van der Waals surface area contributed by atoms with E-state index in [-0.39, 0.29) is 18.1 Å². The van der Waals surface area contributed by atoms with Crippen LogP contribution in [-0.4, -0.2) is 71.4 Å². The van der Waals surface area contributed by atoms with Crippen molar-refractivity contribution in [2.45, 2.75) is 170 Å². The van der Waals surface area contributed by atoms with Gasteiger partial charge in [-0.15, -0.1) is 0 Å². The molecular weight excluding hydrogens is 683 g/mol. The van der Waals surface area contributed by atoms with Crippen LogP contribution in [0.25, 0.3) is 0 Å². The Kier molecular flexibility index (Phi) is 12.4. The molecule has 3 saturated carbocycles. The van der Waals surface area contributed by atoms with Crippen molar-refractivity contribution >= 4 is 49.4 Å². The number of hydrogen-bond donors (Lipinski definition) is 1. The first-order valence-corrected chi connectivity index (χ1v) is 23.7. The Balaban J connectivity index is 0.000000345.